The monoisotopic (exact) mass is 291 g/mol. The second-order valence-corrected chi connectivity index (χ2v) is 6.37. The van der Waals surface area contributed by atoms with Crippen LogP contribution in [0.15, 0.2) is 18.2 Å². The molecule has 0 amide bonds. The predicted octanol–water partition coefficient (Wildman–Crippen LogP) is 4.11. The SMILES string of the molecule is CCCCOc1ccc(C2CC(N)C2(C)CC)cc1OC. The van der Waals surface area contributed by atoms with Crippen molar-refractivity contribution in [2.45, 2.75) is 58.4 Å². The van der Waals surface area contributed by atoms with Gasteiger partial charge in [0.2, 0.25) is 0 Å². The summed E-state index contributed by atoms with van der Waals surface area (Å²) in [6.45, 7) is 7.43. The Hall–Kier alpha value is -1.22. The molecular weight excluding hydrogens is 262 g/mol. The van der Waals surface area contributed by atoms with Gasteiger partial charge in [-0.05, 0) is 48.3 Å². The zero-order valence-electron chi connectivity index (χ0n) is 13.8. The maximum Gasteiger partial charge on any atom is 0.161 e. The first-order chi connectivity index (χ1) is 10.1. The minimum atomic E-state index is 0.204. The fourth-order valence-electron chi connectivity index (χ4n) is 3.26. The maximum atomic E-state index is 6.22. The molecule has 2 rings (SSSR count). The second-order valence-electron chi connectivity index (χ2n) is 6.37. The molecule has 3 heteroatoms. The molecule has 1 aromatic carbocycles. The van der Waals surface area contributed by atoms with Crippen molar-refractivity contribution >= 4 is 0 Å². The lowest BCUT2D eigenvalue weighted by Gasteiger charge is -2.53. The molecule has 0 heterocycles. The number of hydrogen-bond acceptors (Lipinski definition) is 3. The van der Waals surface area contributed by atoms with Gasteiger partial charge in [-0.15, -0.1) is 0 Å². The van der Waals surface area contributed by atoms with Gasteiger partial charge in [0.15, 0.2) is 11.5 Å². The Morgan fingerprint density at radius 3 is 2.62 bits per heavy atom. The summed E-state index contributed by atoms with van der Waals surface area (Å²) < 4.78 is 11.3. The first kappa shape index (κ1) is 16.2. The molecule has 118 valence electrons. The molecule has 3 unspecified atom stereocenters. The Labute approximate surface area is 128 Å². The van der Waals surface area contributed by atoms with E-state index in [0.717, 1.165) is 43.8 Å². The Bertz CT molecular complexity index is 474. The van der Waals surface area contributed by atoms with Crippen LogP contribution in [-0.4, -0.2) is 19.8 Å². The third-order valence-corrected chi connectivity index (χ3v) is 5.24. The van der Waals surface area contributed by atoms with Gasteiger partial charge >= 0.3 is 0 Å². The van der Waals surface area contributed by atoms with E-state index in [1.54, 1.807) is 7.11 Å². The van der Waals surface area contributed by atoms with Gasteiger partial charge in [0.05, 0.1) is 13.7 Å². The molecule has 3 nitrogen and oxygen atoms in total. The van der Waals surface area contributed by atoms with E-state index >= 15 is 0 Å². The highest BCUT2D eigenvalue weighted by molar-refractivity contribution is 5.45. The topological polar surface area (TPSA) is 44.5 Å². The molecule has 1 saturated carbocycles. The van der Waals surface area contributed by atoms with E-state index in [0.29, 0.717) is 12.0 Å². The van der Waals surface area contributed by atoms with Crippen molar-refractivity contribution in [3.63, 3.8) is 0 Å². The van der Waals surface area contributed by atoms with E-state index in [9.17, 15) is 0 Å². The molecule has 1 aromatic rings. The maximum absolute atomic E-state index is 6.22. The van der Waals surface area contributed by atoms with Crippen molar-refractivity contribution in [3.05, 3.63) is 23.8 Å². The van der Waals surface area contributed by atoms with Crippen molar-refractivity contribution in [3.8, 4) is 11.5 Å². The van der Waals surface area contributed by atoms with Crippen LogP contribution >= 0.6 is 0 Å². The lowest BCUT2D eigenvalue weighted by atomic mass is 9.54. The lowest BCUT2D eigenvalue weighted by molar-refractivity contribution is 0.0704. The first-order valence-corrected chi connectivity index (χ1v) is 8.13. The van der Waals surface area contributed by atoms with E-state index in [1.807, 2.05) is 6.07 Å². The standard InChI is InChI=1S/C18H29NO2/c1-5-7-10-21-15-9-8-13(11-16(15)20-4)14-12-17(19)18(14,3)6-2/h8-9,11,14,17H,5-7,10,12,19H2,1-4H3. The summed E-state index contributed by atoms with van der Waals surface area (Å²) in [6, 6.07) is 6.66. The van der Waals surface area contributed by atoms with E-state index in [1.165, 1.54) is 5.56 Å². The van der Waals surface area contributed by atoms with Crippen LogP contribution in [-0.2, 0) is 0 Å². The van der Waals surface area contributed by atoms with Gasteiger partial charge in [0.25, 0.3) is 0 Å². The van der Waals surface area contributed by atoms with Gasteiger partial charge in [-0.25, -0.2) is 0 Å². The van der Waals surface area contributed by atoms with Gasteiger partial charge in [-0.3, -0.25) is 0 Å². The predicted molar refractivity (Wildman–Crippen MR) is 87.1 cm³/mol. The van der Waals surface area contributed by atoms with Gasteiger partial charge in [-0.2, -0.15) is 0 Å². The van der Waals surface area contributed by atoms with Crippen molar-refractivity contribution < 1.29 is 9.47 Å². The van der Waals surface area contributed by atoms with Gasteiger partial charge in [0, 0.05) is 6.04 Å². The summed E-state index contributed by atoms with van der Waals surface area (Å²) in [6.07, 6.45) is 4.37. The number of nitrogens with two attached hydrogens (primary N) is 1. The fourth-order valence-corrected chi connectivity index (χ4v) is 3.26. The molecule has 1 aliphatic rings. The van der Waals surface area contributed by atoms with Crippen LogP contribution in [0.5, 0.6) is 11.5 Å². The summed E-state index contributed by atoms with van der Waals surface area (Å²) in [5, 5.41) is 0. The van der Waals surface area contributed by atoms with E-state index < -0.39 is 0 Å². The first-order valence-electron chi connectivity index (χ1n) is 8.13. The number of unbranched alkanes of at least 4 members (excludes halogenated alkanes) is 1. The molecule has 21 heavy (non-hydrogen) atoms. The molecule has 0 spiro atoms. The highest BCUT2D eigenvalue weighted by Crippen LogP contribution is 2.54. The molecule has 1 fully saturated rings. The number of rotatable bonds is 7. The molecule has 0 aromatic heterocycles. The number of ether oxygens (including phenoxy) is 2. The Morgan fingerprint density at radius 1 is 1.29 bits per heavy atom. The second kappa shape index (κ2) is 6.69. The van der Waals surface area contributed by atoms with Crippen molar-refractivity contribution in [1.29, 1.82) is 0 Å². The Morgan fingerprint density at radius 2 is 2.05 bits per heavy atom. The quantitative estimate of drug-likeness (QED) is 0.769. The average Bonchev–Trinajstić information content (AvgIpc) is 2.52. The molecule has 2 N–H and O–H groups in total. The summed E-state index contributed by atoms with van der Waals surface area (Å²) in [5.74, 6) is 2.20. The average molecular weight is 291 g/mol. The lowest BCUT2D eigenvalue weighted by Crippen LogP contribution is -2.54. The molecule has 0 saturated heterocycles. The van der Waals surface area contributed by atoms with Crippen LogP contribution in [0.1, 0.15) is 57.9 Å². The minimum Gasteiger partial charge on any atom is -0.493 e. The fraction of sp³-hybridized carbons (Fsp3) is 0.667. The smallest absolute Gasteiger partial charge is 0.161 e. The van der Waals surface area contributed by atoms with Crippen LogP contribution in [0.3, 0.4) is 0 Å². The van der Waals surface area contributed by atoms with Crippen molar-refractivity contribution in [1.82, 2.24) is 0 Å². The van der Waals surface area contributed by atoms with Crippen LogP contribution in [0.2, 0.25) is 0 Å². The third kappa shape index (κ3) is 3.03. The summed E-state index contributed by atoms with van der Waals surface area (Å²) in [4.78, 5) is 0. The number of hydrogen-bond donors (Lipinski definition) is 1. The molecule has 0 bridgehead atoms. The van der Waals surface area contributed by atoms with E-state index in [4.69, 9.17) is 15.2 Å². The van der Waals surface area contributed by atoms with Gasteiger partial charge in [0.1, 0.15) is 0 Å². The van der Waals surface area contributed by atoms with Crippen molar-refractivity contribution in [2.75, 3.05) is 13.7 Å². The van der Waals surface area contributed by atoms with Crippen LogP contribution in [0, 0.1) is 5.41 Å². The molecule has 0 radical (unpaired) electrons. The van der Waals surface area contributed by atoms with Crippen LogP contribution in [0.4, 0.5) is 0 Å². The number of benzene rings is 1. The summed E-state index contributed by atoms with van der Waals surface area (Å²) >= 11 is 0. The third-order valence-electron chi connectivity index (χ3n) is 5.24. The summed E-state index contributed by atoms with van der Waals surface area (Å²) in [7, 11) is 1.71. The van der Waals surface area contributed by atoms with Crippen molar-refractivity contribution in [2.24, 2.45) is 11.1 Å². The zero-order chi connectivity index (χ0) is 15.5. The molecule has 0 aliphatic heterocycles. The van der Waals surface area contributed by atoms with Crippen LogP contribution < -0.4 is 15.2 Å². The van der Waals surface area contributed by atoms with Gasteiger partial charge in [-0.1, -0.05) is 33.3 Å². The van der Waals surface area contributed by atoms with Gasteiger partial charge < -0.3 is 15.2 Å². The van der Waals surface area contributed by atoms with E-state index in [2.05, 4.69) is 32.9 Å². The van der Waals surface area contributed by atoms with Crippen LogP contribution in [0.25, 0.3) is 0 Å². The summed E-state index contributed by atoms with van der Waals surface area (Å²) in [5.41, 5.74) is 7.74. The largest absolute Gasteiger partial charge is 0.493 e. The molecule has 1 aliphatic carbocycles. The molecular formula is C18H29NO2. The highest BCUT2D eigenvalue weighted by atomic mass is 16.5. The molecule has 3 atom stereocenters. The Kier molecular flexibility index (Phi) is 5.15. The minimum absolute atomic E-state index is 0.204. The van der Waals surface area contributed by atoms with E-state index in [-0.39, 0.29) is 5.41 Å². The normalized spacial score (nSPS) is 28.0. The Balaban J connectivity index is 2.16. The highest BCUT2D eigenvalue weighted by Gasteiger charge is 2.48. The number of methoxy groups -OCH3 is 1. The zero-order valence-corrected chi connectivity index (χ0v) is 13.8.